The Morgan fingerprint density at radius 3 is 2.44 bits per heavy atom. The molecule has 126 valence electrons. The second-order valence-electron chi connectivity index (χ2n) is 6.04. The van der Waals surface area contributed by atoms with Crippen LogP contribution in [0.5, 0.6) is 0 Å². The highest BCUT2D eigenvalue weighted by Gasteiger charge is 2.32. The summed E-state index contributed by atoms with van der Waals surface area (Å²) in [5.74, 6) is -0.235. The van der Waals surface area contributed by atoms with E-state index in [1.165, 1.54) is 0 Å². The van der Waals surface area contributed by atoms with Gasteiger partial charge in [0.1, 0.15) is 6.04 Å². The molecule has 1 aliphatic rings. The number of amides is 2. The Hall–Kier alpha value is -3.13. The van der Waals surface area contributed by atoms with E-state index in [0.717, 1.165) is 18.4 Å². The van der Waals surface area contributed by atoms with Crippen LogP contribution in [0.1, 0.15) is 36.4 Å². The minimum atomic E-state index is -0.648. The molecule has 2 amide bonds. The van der Waals surface area contributed by atoms with Gasteiger partial charge in [0.25, 0.3) is 5.91 Å². The van der Waals surface area contributed by atoms with Crippen molar-refractivity contribution in [2.45, 2.75) is 25.3 Å². The summed E-state index contributed by atoms with van der Waals surface area (Å²) in [7, 11) is 0. The second-order valence-corrected chi connectivity index (χ2v) is 6.04. The van der Waals surface area contributed by atoms with Crippen molar-refractivity contribution < 1.29 is 9.59 Å². The maximum atomic E-state index is 12.9. The number of likely N-dealkylation sites (tertiary alicyclic amines) is 1. The summed E-state index contributed by atoms with van der Waals surface area (Å²) in [6, 6.07) is 17.4. The standard InChI is InChI=1S/C20H19N3O2/c21-14-15-9-11-17(12-10-15)22-20(25)19(16-6-2-1-3-7-16)23-13-5-4-8-18(23)24/h1-3,6-7,9-12,19H,4-5,8,13H2,(H,22,25)/t19-/m0/s1. The maximum Gasteiger partial charge on any atom is 0.251 e. The highest BCUT2D eigenvalue weighted by Crippen LogP contribution is 2.27. The molecule has 0 spiro atoms. The van der Waals surface area contributed by atoms with Gasteiger partial charge in [0.15, 0.2) is 0 Å². The van der Waals surface area contributed by atoms with Gasteiger partial charge >= 0.3 is 0 Å². The third-order valence-electron chi connectivity index (χ3n) is 4.32. The summed E-state index contributed by atoms with van der Waals surface area (Å²) in [4.78, 5) is 27.0. The van der Waals surface area contributed by atoms with Crippen molar-refractivity contribution >= 4 is 17.5 Å². The molecule has 2 aromatic carbocycles. The molecule has 3 rings (SSSR count). The molecule has 0 bridgehead atoms. The number of anilines is 1. The van der Waals surface area contributed by atoms with E-state index in [9.17, 15) is 9.59 Å². The topological polar surface area (TPSA) is 73.2 Å². The zero-order valence-electron chi connectivity index (χ0n) is 13.8. The number of nitrogens with one attached hydrogen (secondary N) is 1. The van der Waals surface area contributed by atoms with Gasteiger partial charge in [0.2, 0.25) is 5.91 Å². The van der Waals surface area contributed by atoms with Crippen LogP contribution in [-0.4, -0.2) is 23.3 Å². The second kappa shape index (κ2) is 7.63. The fourth-order valence-electron chi connectivity index (χ4n) is 3.05. The molecule has 5 heteroatoms. The fourth-order valence-corrected chi connectivity index (χ4v) is 3.05. The Kier molecular flexibility index (Phi) is 5.10. The van der Waals surface area contributed by atoms with Gasteiger partial charge in [-0.05, 0) is 42.7 Å². The summed E-state index contributed by atoms with van der Waals surface area (Å²) < 4.78 is 0. The van der Waals surface area contributed by atoms with Crippen molar-refractivity contribution in [1.82, 2.24) is 4.90 Å². The molecule has 0 radical (unpaired) electrons. The molecule has 1 saturated heterocycles. The van der Waals surface area contributed by atoms with Crippen molar-refractivity contribution in [3.63, 3.8) is 0 Å². The van der Waals surface area contributed by atoms with E-state index < -0.39 is 6.04 Å². The molecule has 1 heterocycles. The number of nitriles is 1. The van der Waals surface area contributed by atoms with Crippen LogP contribution in [0.25, 0.3) is 0 Å². The third kappa shape index (κ3) is 3.86. The maximum absolute atomic E-state index is 12.9. The third-order valence-corrected chi connectivity index (χ3v) is 4.32. The van der Waals surface area contributed by atoms with Gasteiger partial charge in [-0.1, -0.05) is 30.3 Å². The largest absolute Gasteiger partial charge is 0.327 e. The van der Waals surface area contributed by atoms with Crippen LogP contribution < -0.4 is 5.32 Å². The minimum absolute atomic E-state index is 0.00933. The number of carbonyl (C=O) groups excluding carboxylic acids is 2. The number of rotatable bonds is 4. The monoisotopic (exact) mass is 333 g/mol. The summed E-state index contributed by atoms with van der Waals surface area (Å²) in [5.41, 5.74) is 1.93. The molecule has 0 aliphatic carbocycles. The summed E-state index contributed by atoms with van der Waals surface area (Å²) in [6.45, 7) is 0.583. The first-order valence-corrected chi connectivity index (χ1v) is 8.34. The van der Waals surface area contributed by atoms with Crippen LogP contribution in [-0.2, 0) is 9.59 Å². The molecule has 25 heavy (non-hydrogen) atoms. The van der Waals surface area contributed by atoms with E-state index in [1.807, 2.05) is 36.4 Å². The zero-order chi connectivity index (χ0) is 17.6. The smallest absolute Gasteiger partial charge is 0.251 e. The molecule has 1 N–H and O–H groups in total. The average Bonchev–Trinajstić information content (AvgIpc) is 2.65. The van der Waals surface area contributed by atoms with E-state index in [-0.39, 0.29) is 11.8 Å². The van der Waals surface area contributed by atoms with Crippen molar-refractivity contribution in [3.8, 4) is 6.07 Å². The minimum Gasteiger partial charge on any atom is -0.327 e. The molecule has 1 aliphatic heterocycles. The summed E-state index contributed by atoms with van der Waals surface area (Å²) in [5, 5.41) is 11.7. The Bertz CT molecular complexity index is 794. The van der Waals surface area contributed by atoms with Crippen LogP contribution >= 0.6 is 0 Å². The van der Waals surface area contributed by atoms with Gasteiger partial charge in [-0.25, -0.2) is 0 Å². The van der Waals surface area contributed by atoms with Gasteiger partial charge in [0, 0.05) is 18.7 Å². The number of hydrogen-bond donors (Lipinski definition) is 1. The molecular weight excluding hydrogens is 314 g/mol. The average molecular weight is 333 g/mol. The van der Waals surface area contributed by atoms with Crippen molar-refractivity contribution in [2.75, 3.05) is 11.9 Å². The van der Waals surface area contributed by atoms with Crippen LogP contribution in [0, 0.1) is 11.3 Å². The first-order valence-electron chi connectivity index (χ1n) is 8.34. The van der Waals surface area contributed by atoms with E-state index in [0.29, 0.717) is 24.2 Å². The van der Waals surface area contributed by atoms with Crippen LogP contribution in [0.3, 0.4) is 0 Å². The van der Waals surface area contributed by atoms with Crippen LogP contribution in [0.4, 0.5) is 5.69 Å². The van der Waals surface area contributed by atoms with Crippen LogP contribution in [0.2, 0.25) is 0 Å². The zero-order valence-corrected chi connectivity index (χ0v) is 13.8. The fraction of sp³-hybridized carbons (Fsp3) is 0.250. The van der Waals surface area contributed by atoms with Crippen molar-refractivity contribution in [3.05, 3.63) is 65.7 Å². The highest BCUT2D eigenvalue weighted by atomic mass is 16.2. The molecule has 2 aromatic rings. The van der Waals surface area contributed by atoms with Crippen molar-refractivity contribution in [2.24, 2.45) is 0 Å². The lowest BCUT2D eigenvalue weighted by molar-refractivity contribution is -0.141. The highest BCUT2D eigenvalue weighted by molar-refractivity contribution is 5.98. The summed E-state index contributed by atoms with van der Waals surface area (Å²) >= 11 is 0. The Labute approximate surface area is 146 Å². The molecule has 0 saturated carbocycles. The molecule has 0 aromatic heterocycles. The molecule has 1 fully saturated rings. The molecule has 0 unspecified atom stereocenters. The van der Waals surface area contributed by atoms with E-state index in [4.69, 9.17) is 5.26 Å². The van der Waals surface area contributed by atoms with Gasteiger partial charge in [-0.2, -0.15) is 5.26 Å². The van der Waals surface area contributed by atoms with E-state index >= 15 is 0 Å². The predicted octanol–water partition coefficient (Wildman–Crippen LogP) is 3.25. The first-order chi connectivity index (χ1) is 12.2. The number of piperidine rings is 1. The normalized spacial score (nSPS) is 15.3. The van der Waals surface area contributed by atoms with E-state index in [1.54, 1.807) is 29.2 Å². The van der Waals surface area contributed by atoms with Gasteiger partial charge < -0.3 is 10.2 Å². The Morgan fingerprint density at radius 2 is 1.80 bits per heavy atom. The number of benzene rings is 2. The van der Waals surface area contributed by atoms with E-state index in [2.05, 4.69) is 5.32 Å². The lowest BCUT2D eigenvalue weighted by Gasteiger charge is -2.34. The molecular formula is C20H19N3O2. The van der Waals surface area contributed by atoms with Crippen molar-refractivity contribution in [1.29, 1.82) is 5.26 Å². The Balaban J connectivity index is 1.86. The SMILES string of the molecule is N#Cc1ccc(NC(=O)[C@H](c2ccccc2)N2CCCCC2=O)cc1. The predicted molar refractivity (Wildman–Crippen MR) is 94.5 cm³/mol. The number of hydrogen-bond acceptors (Lipinski definition) is 3. The molecule has 5 nitrogen and oxygen atoms in total. The van der Waals surface area contributed by atoms with Crippen LogP contribution in [0.15, 0.2) is 54.6 Å². The lowest BCUT2D eigenvalue weighted by Crippen LogP contribution is -2.43. The first kappa shape index (κ1) is 16.7. The van der Waals surface area contributed by atoms with Gasteiger partial charge in [0.05, 0.1) is 11.6 Å². The van der Waals surface area contributed by atoms with Gasteiger partial charge in [-0.15, -0.1) is 0 Å². The number of carbonyl (C=O) groups is 2. The quantitative estimate of drug-likeness (QED) is 0.933. The Morgan fingerprint density at radius 1 is 1.08 bits per heavy atom. The summed E-state index contributed by atoms with van der Waals surface area (Å²) in [6.07, 6.45) is 2.25. The lowest BCUT2D eigenvalue weighted by atomic mass is 10.0. The number of nitrogens with zero attached hydrogens (tertiary/aromatic N) is 2. The molecule has 1 atom stereocenters. The van der Waals surface area contributed by atoms with Gasteiger partial charge in [-0.3, -0.25) is 9.59 Å².